The Morgan fingerprint density at radius 1 is 1.11 bits per heavy atom. The van der Waals surface area contributed by atoms with Gasteiger partial charge in [0.2, 0.25) is 0 Å². The van der Waals surface area contributed by atoms with Crippen LogP contribution < -0.4 is 4.74 Å². The van der Waals surface area contributed by atoms with Crippen molar-refractivity contribution in [3.8, 4) is 16.9 Å². The highest BCUT2D eigenvalue weighted by molar-refractivity contribution is 5.81. The largest absolute Gasteiger partial charge is 0.497 e. The molecule has 0 unspecified atom stereocenters. The Kier molecular flexibility index (Phi) is 8.25. The summed E-state index contributed by atoms with van der Waals surface area (Å²) in [5.74, 6) is 1.35. The maximum Gasteiger partial charge on any atom is 0.119 e. The second kappa shape index (κ2) is 10.4. The molecule has 0 aliphatic carbocycles. The highest BCUT2D eigenvalue weighted by atomic mass is 16.5. The van der Waals surface area contributed by atoms with Gasteiger partial charge < -0.3 is 9.84 Å². The summed E-state index contributed by atoms with van der Waals surface area (Å²) in [4.78, 5) is 5.03. The first-order valence-corrected chi connectivity index (χ1v) is 10.4. The van der Waals surface area contributed by atoms with Crippen molar-refractivity contribution in [2.75, 3.05) is 7.11 Å². The molecule has 0 fully saturated rings. The predicted molar refractivity (Wildman–Crippen MR) is 119 cm³/mol. The number of aliphatic hydroxyl groups is 1. The third-order valence-electron chi connectivity index (χ3n) is 5.02. The van der Waals surface area contributed by atoms with Gasteiger partial charge >= 0.3 is 0 Å². The Hall–Kier alpha value is -2.13. The number of rotatable bonds is 9. The molecule has 3 heteroatoms. The summed E-state index contributed by atoms with van der Waals surface area (Å²) in [5, 5.41) is 10.3. The van der Waals surface area contributed by atoms with E-state index in [1.807, 2.05) is 18.2 Å². The topological polar surface area (TPSA) is 42.4 Å². The highest BCUT2D eigenvalue weighted by Gasteiger charge is 2.22. The third kappa shape index (κ3) is 5.02. The number of aliphatic hydroxyl groups excluding tert-OH is 1. The minimum atomic E-state index is -0.0266. The van der Waals surface area contributed by atoms with Crippen LogP contribution in [-0.2, 0) is 6.61 Å². The van der Waals surface area contributed by atoms with Crippen molar-refractivity contribution >= 4 is 6.08 Å². The second-order valence-electron chi connectivity index (χ2n) is 7.89. The SMILES string of the molecule is CCCC/C=C/c1c(C(C)C)nc(C(C)C)c(CO)c1-c1cccc(OC)c1. The molecule has 1 aromatic carbocycles. The van der Waals surface area contributed by atoms with Gasteiger partial charge in [-0.15, -0.1) is 0 Å². The van der Waals surface area contributed by atoms with E-state index in [-0.39, 0.29) is 12.5 Å². The lowest BCUT2D eigenvalue weighted by molar-refractivity contribution is 0.280. The molecule has 0 atom stereocenters. The lowest BCUT2D eigenvalue weighted by Crippen LogP contribution is -2.10. The first-order valence-electron chi connectivity index (χ1n) is 10.4. The van der Waals surface area contributed by atoms with Crippen LogP contribution in [0.1, 0.15) is 88.2 Å². The molecule has 0 amide bonds. The van der Waals surface area contributed by atoms with E-state index in [1.54, 1.807) is 7.11 Å². The Morgan fingerprint density at radius 2 is 1.82 bits per heavy atom. The smallest absolute Gasteiger partial charge is 0.119 e. The molecule has 0 radical (unpaired) electrons. The Bertz CT molecular complexity index is 806. The summed E-state index contributed by atoms with van der Waals surface area (Å²) in [7, 11) is 1.68. The maximum absolute atomic E-state index is 10.3. The predicted octanol–water partition coefficient (Wildman–Crippen LogP) is 6.70. The summed E-state index contributed by atoms with van der Waals surface area (Å²) in [6.07, 6.45) is 7.84. The average molecular weight is 382 g/mol. The van der Waals surface area contributed by atoms with Crippen LogP contribution in [0.4, 0.5) is 0 Å². The van der Waals surface area contributed by atoms with Crippen LogP contribution in [0.3, 0.4) is 0 Å². The van der Waals surface area contributed by atoms with Crippen LogP contribution in [0, 0.1) is 0 Å². The first-order chi connectivity index (χ1) is 13.4. The molecule has 0 bridgehead atoms. The summed E-state index contributed by atoms with van der Waals surface area (Å²) in [6, 6.07) is 8.10. The summed E-state index contributed by atoms with van der Waals surface area (Å²) < 4.78 is 5.46. The monoisotopic (exact) mass is 381 g/mol. The third-order valence-corrected chi connectivity index (χ3v) is 5.02. The van der Waals surface area contributed by atoms with Gasteiger partial charge in [0.25, 0.3) is 0 Å². The zero-order valence-electron chi connectivity index (χ0n) is 18.2. The minimum Gasteiger partial charge on any atom is -0.497 e. The van der Waals surface area contributed by atoms with Gasteiger partial charge in [0, 0.05) is 16.8 Å². The fourth-order valence-electron chi connectivity index (χ4n) is 3.55. The maximum atomic E-state index is 10.3. The average Bonchev–Trinajstić information content (AvgIpc) is 2.69. The van der Waals surface area contributed by atoms with E-state index in [0.717, 1.165) is 45.8 Å². The second-order valence-corrected chi connectivity index (χ2v) is 7.89. The normalized spacial score (nSPS) is 11.8. The van der Waals surface area contributed by atoms with Crippen LogP contribution in [0.15, 0.2) is 30.3 Å². The molecule has 2 rings (SSSR count). The number of hydrogen-bond donors (Lipinski definition) is 1. The molecule has 28 heavy (non-hydrogen) atoms. The quantitative estimate of drug-likeness (QED) is 0.491. The van der Waals surface area contributed by atoms with Gasteiger partial charge in [-0.25, -0.2) is 0 Å². The molecule has 1 aromatic heterocycles. The van der Waals surface area contributed by atoms with Crippen LogP contribution in [0.2, 0.25) is 0 Å². The number of ether oxygens (including phenoxy) is 1. The van der Waals surface area contributed by atoms with E-state index in [1.165, 1.54) is 12.8 Å². The van der Waals surface area contributed by atoms with E-state index < -0.39 is 0 Å². The molecule has 3 nitrogen and oxygen atoms in total. The molecule has 0 saturated heterocycles. The highest BCUT2D eigenvalue weighted by Crippen LogP contribution is 2.38. The van der Waals surface area contributed by atoms with E-state index in [0.29, 0.717) is 5.92 Å². The molecule has 2 aromatic rings. The lowest BCUT2D eigenvalue weighted by Gasteiger charge is -2.23. The van der Waals surface area contributed by atoms with Crippen LogP contribution >= 0.6 is 0 Å². The Balaban J connectivity index is 2.83. The molecule has 0 aliphatic heterocycles. The lowest BCUT2D eigenvalue weighted by atomic mass is 9.87. The molecular formula is C25H35NO2. The summed E-state index contributed by atoms with van der Waals surface area (Å²) >= 11 is 0. The number of aromatic nitrogens is 1. The molecule has 152 valence electrons. The zero-order chi connectivity index (χ0) is 20.7. The van der Waals surface area contributed by atoms with Gasteiger partial charge in [-0.2, -0.15) is 0 Å². The van der Waals surface area contributed by atoms with E-state index in [9.17, 15) is 5.11 Å². The van der Waals surface area contributed by atoms with E-state index in [2.05, 4.69) is 52.8 Å². The number of methoxy groups -OCH3 is 1. The standard InChI is InChI=1S/C25H35NO2/c1-7-8-9-10-14-21-23(19-12-11-13-20(15-19)28-6)22(16-27)25(18(4)5)26-24(21)17(2)3/h10-15,17-18,27H,7-9,16H2,1-6H3/b14-10+. The van der Waals surface area contributed by atoms with E-state index in [4.69, 9.17) is 9.72 Å². The molecule has 0 saturated carbocycles. The fourth-order valence-corrected chi connectivity index (χ4v) is 3.55. The Morgan fingerprint density at radius 3 is 2.39 bits per heavy atom. The van der Waals surface area contributed by atoms with Crippen molar-refractivity contribution in [1.82, 2.24) is 4.98 Å². The number of nitrogens with zero attached hydrogens (tertiary/aromatic N) is 1. The van der Waals surface area contributed by atoms with Crippen molar-refractivity contribution in [2.45, 2.75) is 72.3 Å². The number of pyridine rings is 1. The van der Waals surface area contributed by atoms with Crippen LogP contribution in [0.5, 0.6) is 5.75 Å². The van der Waals surface area contributed by atoms with Gasteiger partial charge in [-0.1, -0.05) is 71.7 Å². The zero-order valence-corrected chi connectivity index (χ0v) is 18.2. The van der Waals surface area contributed by atoms with Crippen LogP contribution in [-0.4, -0.2) is 17.2 Å². The molecule has 0 aliphatic rings. The molecule has 1 heterocycles. The fraction of sp³-hybridized carbons (Fsp3) is 0.480. The van der Waals surface area contributed by atoms with Crippen molar-refractivity contribution in [3.63, 3.8) is 0 Å². The first kappa shape index (κ1) is 22.2. The number of allylic oxidation sites excluding steroid dienone is 1. The number of hydrogen-bond acceptors (Lipinski definition) is 3. The van der Waals surface area contributed by atoms with Gasteiger partial charge in [-0.05, 0) is 41.5 Å². The molecule has 0 spiro atoms. The molecular weight excluding hydrogens is 346 g/mol. The number of unbranched alkanes of at least 4 members (excludes halogenated alkanes) is 2. The van der Waals surface area contributed by atoms with Crippen LogP contribution in [0.25, 0.3) is 17.2 Å². The van der Waals surface area contributed by atoms with Crippen molar-refractivity contribution in [1.29, 1.82) is 0 Å². The minimum absolute atomic E-state index is 0.0266. The summed E-state index contributed by atoms with van der Waals surface area (Å²) in [6.45, 7) is 10.8. The van der Waals surface area contributed by atoms with Crippen molar-refractivity contribution in [3.05, 3.63) is 52.9 Å². The van der Waals surface area contributed by atoms with Gasteiger partial charge in [-0.3, -0.25) is 4.98 Å². The van der Waals surface area contributed by atoms with Crippen molar-refractivity contribution in [2.24, 2.45) is 0 Å². The number of benzene rings is 1. The molecule has 1 N–H and O–H groups in total. The van der Waals surface area contributed by atoms with Gasteiger partial charge in [0.15, 0.2) is 0 Å². The van der Waals surface area contributed by atoms with E-state index >= 15 is 0 Å². The van der Waals surface area contributed by atoms with Crippen molar-refractivity contribution < 1.29 is 9.84 Å². The Labute approximate surface area is 170 Å². The summed E-state index contributed by atoms with van der Waals surface area (Å²) in [5.41, 5.74) is 6.25. The van der Waals surface area contributed by atoms with Gasteiger partial charge in [0.05, 0.1) is 19.4 Å². The van der Waals surface area contributed by atoms with Gasteiger partial charge in [0.1, 0.15) is 5.75 Å².